The van der Waals surface area contributed by atoms with Crippen LogP contribution in [0.4, 0.5) is 0 Å². The maximum Gasteiger partial charge on any atom is 0.220 e. The van der Waals surface area contributed by atoms with Crippen molar-refractivity contribution in [1.29, 1.82) is 0 Å². The molecule has 0 aromatic carbocycles. The van der Waals surface area contributed by atoms with Crippen molar-refractivity contribution < 1.29 is 64.6 Å². The lowest BCUT2D eigenvalue weighted by atomic mass is 9.97. The van der Waals surface area contributed by atoms with Crippen molar-refractivity contribution in [2.75, 3.05) is 19.8 Å². The van der Waals surface area contributed by atoms with Crippen LogP contribution in [0.5, 0.6) is 0 Å². The first-order chi connectivity index (χ1) is 31.1. The number of carbonyl (C=O) groups is 1. The summed E-state index contributed by atoms with van der Waals surface area (Å²) in [6, 6.07) is -0.828. The average Bonchev–Trinajstić information content (AvgIpc) is 3.29. The molecule has 0 aliphatic carbocycles. The van der Waals surface area contributed by atoms with E-state index in [2.05, 4.69) is 73.0 Å². The minimum Gasteiger partial charge on any atom is -0.394 e. The van der Waals surface area contributed by atoms with Gasteiger partial charge in [0.15, 0.2) is 12.6 Å². The summed E-state index contributed by atoms with van der Waals surface area (Å²) in [5, 5.41) is 86.0. The van der Waals surface area contributed by atoms with Crippen LogP contribution in [0.25, 0.3) is 0 Å². The second kappa shape index (κ2) is 36.8. The van der Waals surface area contributed by atoms with Crippen molar-refractivity contribution in [3.63, 3.8) is 0 Å². The summed E-state index contributed by atoms with van der Waals surface area (Å²) >= 11 is 0. The minimum absolute atomic E-state index is 0.226. The van der Waals surface area contributed by atoms with E-state index < -0.39 is 86.8 Å². The molecule has 2 saturated heterocycles. The molecule has 14 nitrogen and oxygen atoms in total. The Morgan fingerprint density at radius 3 is 1.62 bits per heavy atom. The highest BCUT2D eigenvalue weighted by Gasteiger charge is 2.51. The van der Waals surface area contributed by atoms with Gasteiger partial charge in [-0.3, -0.25) is 4.79 Å². The maximum absolute atomic E-state index is 13.0. The number of rotatable bonds is 36. The van der Waals surface area contributed by atoms with Crippen molar-refractivity contribution in [1.82, 2.24) is 5.32 Å². The molecule has 2 aliphatic heterocycles. The number of aliphatic hydroxyl groups excluding tert-OH is 8. The fraction of sp³-hybridized carbons (Fsp3) is 0.780. The van der Waals surface area contributed by atoms with Gasteiger partial charge in [0.1, 0.15) is 48.8 Å². The molecule has 2 fully saturated rings. The molecular weight excluding hydrogens is 823 g/mol. The molecule has 2 rings (SSSR count). The van der Waals surface area contributed by atoms with E-state index in [1.165, 1.54) is 44.9 Å². The molecule has 12 atom stereocenters. The molecule has 0 aromatic heterocycles. The summed E-state index contributed by atoms with van der Waals surface area (Å²) in [5.41, 5.74) is 0. The fourth-order valence-electron chi connectivity index (χ4n) is 7.73. The van der Waals surface area contributed by atoms with Crippen LogP contribution < -0.4 is 5.32 Å². The molecule has 0 bridgehead atoms. The van der Waals surface area contributed by atoms with E-state index in [-0.39, 0.29) is 12.5 Å². The smallest absolute Gasteiger partial charge is 0.220 e. The molecule has 2 aliphatic rings. The first kappa shape index (κ1) is 57.8. The predicted octanol–water partition coefficient (Wildman–Crippen LogP) is 5.88. The Hall–Kier alpha value is -2.31. The number of allylic oxidation sites excluding steroid dienone is 10. The Balaban J connectivity index is 1.61. The standard InChI is InChI=1S/C50H87NO13/c1-3-5-7-8-9-10-11-12-13-14-15-16-17-18-19-20-21-22-23-24-25-26-27-28-29-30-32-34-42(55)51-38(39(54)33-31-6-4-2)37-61-49-47(60)45(58)48(41(36-53)63-49)64-50-46(59)44(57)43(56)40(35-52)62-50/h5,7,9-10,12-13,15-16,18-19,38-41,43-50,52-54,56-60H,3-4,6,8,11,14,17,20-37H2,1-2H3,(H,51,55)/b7-5-,10-9-,13-12-,16-15-,19-18-. The van der Waals surface area contributed by atoms with E-state index >= 15 is 0 Å². The van der Waals surface area contributed by atoms with E-state index in [1.807, 2.05) is 6.92 Å². The van der Waals surface area contributed by atoms with Crippen molar-refractivity contribution in [2.24, 2.45) is 0 Å². The second-order valence-corrected chi connectivity index (χ2v) is 17.2. The number of ether oxygens (including phenoxy) is 4. The zero-order chi connectivity index (χ0) is 46.8. The van der Waals surface area contributed by atoms with Gasteiger partial charge < -0.3 is 65.1 Å². The number of aliphatic hydroxyl groups is 8. The van der Waals surface area contributed by atoms with Gasteiger partial charge in [-0.05, 0) is 57.8 Å². The number of hydrogen-bond acceptors (Lipinski definition) is 13. The summed E-state index contributed by atoms with van der Waals surface area (Å²) in [6.07, 6.45) is 27.7. The van der Waals surface area contributed by atoms with Crippen LogP contribution in [-0.4, -0.2) is 140 Å². The third-order valence-electron chi connectivity index (χ3n) is 11.7. The number of carbonyl (C=O) groups excluding carboxylic acids is 1. The molecule has 0 aromatic rings. The minimum atomic E-state index is -1.78. The quantitative estimate of drug-likeness (QED) is 0.0265. The molecule has 9 N–H and O–H groups in total. The lowest BCUT2D eigenvalue weighted by Gasteiger charge is -2.46. The number of unbranched alkanes of at least 4 members (excludes halogenated alkanes) is 13. The van der Waals surface area contributed by atoms with E-state index in [1.54, 1.807) is 0 Å². The zero-order valence-corrected chi connectivity index (χ0v) is 39.0. The Labute approximate surface area is 384 Å². The van der Waals surface area contributed by atoms with Crippen LogP contribution >= 0.6 is 0 Å². The van der Waals surface area contributed by atoms with Crippen molar-refractivity contribution in [2.45, 2.75) is 229 Å². The Bertz CT molecular complexity index is 1310. The Morgan fingerprint density at radius 2 is 1.08 bits per heavy atom. The molecule has 2 heterocycles. The maximum atomic E-state index is 13.0. The molecule has 0 spiro atoms. The first-order valence-electron chi connectivity index (χ1n) is 24.5. The van der Waals surface area contributed by atoms with Crippen LogP contribution in [0, 0.1) is 0 Å². The topological polar surface area (TPSA) is 228 Å². The second-order valence-electron chi connectivity index (χ2n) is 17.2. The lowest BCUT2D eigenvalue weighted by Crippen LogP contribution is -2.65. The molecule has 0 saturated carbocycles. The molecule has 12 unspecified atom stereocenters. The third-order valence-corrected chi connectivity index (χ3v) is 11.7. The van der Waals surface area contributed by atoms with Gasteiger partial charge in [0.05, 0.1) is 32.0 Å². The van der Waals surface area contributed by atoms with Crippen LogP contribution in [0.15, 0.2) is 60.8 Å². The zero-order valence-electron chi connectivity index (χ0n) is 39.0. The predicted molar refractivity (Wildman–Crippen MR) is 249 cm³/mol. The third kappa shape index (κ3) is 23.9. The van der Waals surface area contributed by atoms with E-state index in [0.29, 0.717) is 19.3 Å². The molecular formula is C50H87NO13. The lowest BCUT2D eigenvalue weighted by molar-refractivity contribution is -0.359. The van der Waals surface area contributed by atoms with Crippen molar-refractivity contribution in [3.8, 4) is 0 Å². The molecule has 64 heavy (non-hydrogen) atoms. The normalized spacial score (nSPS) is 27.8. The van der Waals surface area contributed by atoms with Gasteiger partial charge in [0.25, 0.3) is 0 Å². The van der Waals surface area contributed by atoms with Crippen LogP contribution in [0.1, 0.15) is 155 Å². The van der Waals surface area contributed by atoms with E-state index in [9.17, 15) is 45.6 Å². The SMILES string of the molecule is CC/C=C\C/C=C\C/C=C\C/C=C\C/C=C\CCCCCCCCCCCCCC(=O)NC(COC1OC(CO)C(OC2OC(CO)C(O)C(O)C2O)C(O)C1O)C(O)CCCCC. The van der Waals surface area contributed by atoms with Gasteiger partial charge in [-0.25, -0.2) is 0 Å². The van der Waals surface area contributed by atoms with Gasteiger partial charge in [0.2, 0.25) is 5.91 Å². The van der Waals surface area contributed by atoms with Gasteiger partial charge in [0, 0.05) is 6.42 Å². The summed E-state index contributed by atoms with van der Waals surface area (Å²) in [4.78, 5) is 13.0. The Kier molecular flexibility index (Phi) is 33.2. The van der Waals surface area contributed by atoms with Crippen LogP contribution in [-0.2, 0) is 23.7 Å². The molecule has 14 heteroatoms. The molecule has 0 radical (unpaired) electrons. The van der Waals surface area contributed by atoms with Gasteiger partial charge >= 0.3 is 0 Å². The largest absolute Gasteiger partial charge is 0.394 e. The van der Waals surface area contributed by atoms with E-state index in [0.717, 1.165) is 77.0 Å². The number of nitrogens with one attached hydrogen (secondary N) is 1. The monoisotopic (exact) mass is 910 g/mol. The highest BCUT2D eigenvalue weighted by molar-refractivity contribution is 5.76. The fourth-order valence-corrected chi connectivity index (χ4v) is 7.73. The first-order valence-corrected chi connectivity index (χ1v) is 24.5. The average molecular weight is 910 g/mol. The van der Waals surface area contributed by atoms with Crippen molar-refractivity contribution >= 4 is 5.91 Å². The summed E-state index contributed by atoms with van der Waals surface area (Å²) < 4.78 is 22.5. The Morgan fingerprint density at radius 1 is 0.578 bits per heavy atom. The molecule has 1 amide bonds. The summed E-state index contributed by atoms with van der Waals surface area (Å²) in [7, 11) is 0. The van der Waals surface area contributed by atoms with Gasteiger partial charge in [-0.1, -0.05) is 152 Å². The molecule has 370 valence electrons. The van der Waals surface area contributed by atoms with Crippen LogP contribution in [0.3, 0.4) is 0 Å². The highest BCUT2D eigenvalue weighted by Crippen LogP contribution is 2.30. The van der Waals surface area contributed by atoms with Crippen LogP contribution in [0.2, 0.25) is 0 Å². The summed E-state index contributed by atoms with van der Waals surface area (Å²) in [5.74, 6) is -0.226. The number of hydrogen-bond donors (Lipinski definition) is 9. The van der Waals surface area contributed by atoms with Crippen molar-refractivity contribution in [3.05, 3.63) is 60.8 Å². The summed E-state index contributed by atoms with van der Waals surface area (Å²) in [6.45, 7) is 2.53. The van der Waals surface area contributed by atoms with E-state index in [4.69, 9.17) is 18.9 Å². The van der Waals surface area contributed by atoms with Gasteiger partial charge in [-0.15, -0.1) is 0 Å². The van der Waals surface area contributed by atoms with Gasteiger partial charge in [-0.2, -0.15) is 0 Å². The number of amides is 1. The highest BCUT2D eigenvalue weighted by atomic mass is 16.7.